The number of anilines is 1. The van der Waals surface area contributed by atoms with E-state index in [0.717, 1.165) is 32.1 Å². The monoisotopic (exact) mass is 413 g/mol. The largest absolute Gasteiger partial charge is 0.457 e. The second-order valence-corrected chi connectivity index (χ2v) is 9.82. The molecule has 30 heavy (non-hydrogen) atoms. The van der Waals surface area contributed by atoms with Gasteiger partial charge < -0.3 is 15.2 Å². The van der Waals surface area contributed by atoms with Gasteiger partial charge in [0.25, 0.3) is 0 Å². The lowest BCUT2D eigenvalue weighted by Gasteiger charge is -2.60. The minimum absolute atomic E-state index is 0.0557. The first kappa shape index (κ1) is 21.0. The van der Waals surface area contributed by atoms with Gasteiger partial charge >= 0.3 is 5.97 Å². The maximum absolute atomic E-state index is 12.5. The zero-order chi connectivity index (χ0) is 21.4. The first-order valence-corrected chi connectivity index (χ1v) is 11.1. The Hall–Kier alpha value is -2.21. The molecule has 0 heterocycles. The topological polar surface area (TPSA) is 92.7 Å². The van der Waals surface area contributed by atoms with E-state index in [1.807, 2.05) is 6.92 Å². The summed E-state index contributed by atoms with van der Waals surface area (Å²) < 4.78 is 5.32. The minimum atomic E-state index is -0.603. The molecule has 1 amide bonds. The molecule has 0 spiro atoms. The lowest BCUT2D eigenvalue weighted by molar-refractivity contribution is -0.176. The van der Waals surface area contributed by atoms with Crippen LogP contribution in [0.2, 0.25) is 0 Å². The Kier molecular flexibility index (Phi) is 5.71. The molecule has 6 heteroatoms. The summed E-state index contributed by atoms with van der Waals surface area (Å²) in [6.07, 6.45) is 7.08. The van der Waals surface area contributed by atoms with Crippen molar-refractivity contribution in [2.24, 2.45) is 17.3 Å². The molecular weight excluding hydrogens is 382 g/mol. The van der Waals surface area contributed by atoms with Gasteiger partial charge in [-0.25, -0.2) is 0 Å². The molecule has 1 aromatic carbocycles. The third-order valence-electron chi connectivity index (χ3n) is 7.00. The predicted molar refractivity (Wildman–Crippen MR) is 112 cm³/mol. The van der Waals surface area contributed by atoms with Crippen LogP contribution < -0.4 is 5.32 Å². The van der Waals surface area contributed by atoms with E-state index in [4.69, 9.17) is 4.74 Å². The Morgan fingerprint density at radius 1 is 1.10 bits per heavy atom. The van der Waals surface area contributed by atoms with Gasteiger partial charge in [-0.3, -0.25) is 14.4 Å². The van der Waals surface area contributed by atoms with Gasteiger partial charge in [0.05, 0.1) is 12.0 Å². The zero-order valence-corrected chi connectivity index (χ0v) is 17.6. The lowest BCUT2D eigenvalue weighted by atomic mass is 9.47. The number of ether oxygens (including phenoxy) is 1. The Morgan fingerprint density at radius 3 is 2.37 bits per heavy atom. The summed E-state index contributed by atoms with van der Waals surface area (Å²) in [7, 11) is 0. The summed E-state index contributed by atoms with van der Waals surface area (Å²) in [6, 6.07) is 6.62. The number of aliphatic hydroxyl groups is 1. The van der Waals surface area contributed by atoms with Crippen molar-refractivity contribution >= 4 is 23.3 Å². The fraction of sp³-hybridized carbons (Fsp3) is 0.625. The van der Waals surface area contributed by atoms with Crippen LogP contribution in [0.3, 0.4) is 0 Å². The molecule has 2 N–H and O–H groups in total. The molecule has 162 valence electrons. The van der Waals surface area contributed by atoms with Gasteiger partial charge in [-0.15, -0.1) is 0 Å². The summed E-state index contributed by atoms with van der Waals surface area (Å²) in [5.74, 6) is 0.361. The maximum atomic E-state index is 12.5. The fourth-order valence-electron chi connectivity index (χ4n) is 6.39. The Morgan fingerprint density at radius 2 is 1.77 bits per heavy atom. The van der Waals surface area contributed by atoms with E-state index in [2.05, 4.69) is 5.32 Å². The number of Topliss-reactive ketones (excluding diaryl/α,β-unsaturated/α-hetero) is 1. The van der Waals surface area contributed by atoms with Crippen LogP contribution in [-0.2, 0) is 14.3 Å². The molecule has 4 aliphatic carbocycles. The van der Waals surface area contributed by atoms with Crippen LogP contribution in [0.5, 0.6) is 0 Å². The summed E-state index contributed by atoms with van der Waals surface area (Å²) >= 11 is 0. The van der Waals surface area contributed by atoms with Crippen molar-refractivity contribution in [3.63, 3.8) is 0 Å². The zero-order valence-electron chi connectivity index (χ0n) is 17.6. The number of hydrogen-bond donors (Lipinski definition) is 2. The van der Waals surface area contributed by atoms with E-state index in [-0.39, 0.29) is 36.1 Å². The highest BCUT2D eigenvalue weighted by Gasteiger charge is 2.57. The highest BCUT2D eigenvalue weighted by Crippen LogP contribution is 2.62. The summed E-state index contributed by atoms with van der Waals surface area (Å²) in [5, 5.41) is 13.6. The second-order valence-electron chi connectivity index (χ2n) is 9.82. The number of nitrogens with one attached hydrogen (secondary N) is 1. The lowest BCUT2D eigenvalue weighted by Crippen LogP contribution is -2.56. The highest BCUT2D eigenvalue weighted by molar-refractivity contribution is 5.98. The van der Waals surface area contributed by atoms with E-state index in [1.165, 1.54) is 6.42 Å². The molecule has 4 atom stereocenters. The molecule has 6 nitrogen and oxygen atoms in total. The van der Waals surface area contributed by atoms with Gasteiger partial charge in [-0.2, -0.15) is 0 Å². The van der Waals surface area contributed by atoms with E-state index < -0.39 is 5.60 Å². The van der Waals surface area contributed by atoms with Crippen LogP contribution in [0.15, 0.2) is 24.3 Å². The van der Waals surface area contributed by atoms with Gasteiger partial charge in [0, 0.05) is 17.7 Å². The standard InChI is InChI=1S/C24H31NO5/c1-2-3-21(27)25-19-6-4-18(5-7-19)20(26)14-30-22(28)13-23-9-16-8-17(10-23)12-24(29,11-16)15-23/h4-7,16-17,29H,2-3,8-15H2,1H3,(H,25,27)/t16-,17+,23?,24?. The highest BCUT2D eigenvalue weighted by atomic mass is 16.5. The fourth-order valence-corrected chi connectivity index (χ4v) is 6.39. The molecule has 0 radical (unpaired) electrons. The smallest absolute Gasteiger partial charge is 0.306 e. The minimum Gasteiger partial charge on any atom is -0.457 e. The molecule has 5 rings (SSSR count). The van der Waals surface area contributed by atoms with Crippen molar-refractivity contribution in [2.75, 3.05) is 11.9 Å². The number of benzene rings is 1. The SMILES string of the molecule is CCCC(=O)Nc1ccc(C(=O)COC(=O)CC23C[C@@H]4C[C@@H](CC(O)(C4)C2)C3)cc1. The molecule has 0 aliphatic heterocycles. The van der Waals surface area contributed by atoms with Crippen molar-refractivity contribution < 1.29 is 24.2 Å². The van der Waals surface area contributed by atoms with Crippen molar-refractivity contribution in [1.82, 2.24) is 0 Å². The van der Waals surface area contributed by atoms with Crippen LogP contribution in [-0.4, -0.2) is 35.0 Å². The number of esters is 1. The van der Waals surface area contributed by atoms with E-state index in [1.54, 1.807) is 24.3 Å². The van der Waals surface area contributed by atoms with Crippen molar-refractivity contribution in [3.05, 3.63) is 29.8 Å². The number of hydrogen-bond acceptors (Lipinski definition) is 5. The molecule has 0 aromatic heterocycles. The molecule has 0 saturated heterocycles. The molecule has 4 aliphatic rings. The van der Waals surface area contributed by atoms with Crippen molar-refractivity contribution in [1.29, 1.82) is 0 Å². The number of amides is 1. The predicted octanol–water partition coefficient (Wildman–Crippen LogP) is 3.87. The van der Waals surface area contributed by atoms with Gasteiger partial charge in [0.15, 0.2) is 12.4 Å². The molecule has 1 aromatic rings. The quantitative estimate of drug-likeness (QED) is 0.498. The Bertz CT molecular complexity index is 817. The second kappa shape index (κ2) is 8.14. The van der Waals surface area contributed by atoms with Gasteiger partial charge in [0.1, 0.15) is 0 Å². The van der Waals surface area contributed by atoms with Crippen LogP contribution in [0.25, 0.3) is 0 Å². The average Bonchev–Trinajstić information content (AvgIpc) is 2.64. The normalized spacial score (nSPS) is 31.4. The first-order chi connectivity index (χ1) is 14.3. The van der Waals surface area contributed by atoms with Gasteiger partial charge in [-0.05, 0) is 86.5 Å². The molecule has 2 unspecified atom stereocenters. The molecule has 4 bridgehead atoms. The average molecular weight is 414 g/mol. The van der Waals surface area contributed by atoms with Crippen molar-refractivity contribution in [2.45, 2.75) is 70.3 Å². The van der Waals surface area contributed by atoms with Crippen LogP contribution in [0.4, 0.5) is 5.69 Å². The summed E-state index contributed by atoms with van der Waals surface area (Å²) in [6.45, 7) is 1.65. The number of carbonyl (C=O) groups excluding carboxylic acids is 3. The van der Waals surface area contributed by atoms with Gasteiger partial charge in [-0.1, -0.05) is 6.92 Å². The Balaban J connectivity index is 1.28. The van der Waals surface area contributed by atoms with Crippen molar-refractivity contribution in [3.8, 4) is 0 Å². The number of rotatable bonds is 8. The van der Waals surface area contributed by atoms with E-state index >= 15 is 0 Å². The number of carbonyl (C=O) groups is 3. The van der Waals surface area contributed by atoms with E-state index in [9.17, 15) is 19.5 Å². The molecule has 4 fully saturated rings. The summed E-state index contributed by atoms with van der Waals surface area (Å²) in [5.41, 5.74) is 0.327. The van der Waals surface area contributed by atoms with Crippen LogP contribution in [0.1, 0.15) is 75.1 Å². The molecule has 4 saturated carbocycles. The first-order valence-electron chi connectivity index (χ1n) is 11.1. The number of ketones is 1. The van der Waals surface area contributed by atoms with Crippen LogP contribution in [0, 0.1) is 17.3 Å². The third kappa shape index (κ3) is 4.59. The van der Waals surface area contributed by atoms with E-state index in [0.29, 0.717) is 35.9 Å². The summed E-state index contributed by atoms with van der Waals surface area (Å²) in [4.78, 5) is 36.5. The van der Waals surface area contributed by atoms with Crippen LogP contribution >= 0.6 is 0 Å². The van der Waals surface area contributed by atoms with Gasteiger partial charge in [0.2, 0.25) is 5.91 Å². The third-order valence-corrected chi connectivity index (χ3v) is 7.00. The Labute approximate surface area is 177 Å². The maximum Gasteiger partial charge on any atom is 0.306 e. The molecular formula is C24H31NO5.